The third-order valence-electron chi connectivity index (χ3n) is 3.70. The lowest BCUT2D eigenvalue weighted by Gasteiger charge is -2.18. The van der Waals surface area contributed by atoms with Crippen LogP contribution in [0.15, 0.2) is 14.9 Å². The van der Waals surface area contributed by atoms with Gasteiger partial charge in [-0.2, -0.15) is 0 Å². The van der Waals surface area contributed by atoms with E-state index < -0.39 is 0 Å². The molecule has 0 aromatic carbocycles. The van der Waals surface area contributed by atoms with Gasteiger partial charge in [-0.25, -0.2) is 0 Å². The van der Waals surface area contributed by atoms with Crippen LogP contribution in [0.4, 0.5) is 0 Å². The third-order valence-corrected chi connectivity index (χ3v) is 3.70. The molecule has 0 amide bonds. The fraction of sp³-hybridized carbons (Fsp3) is 0.500. The molecule has 2 aromatic heterocycles. The van der Waals surface area contributed by atoms with Gasteiger partial charge in [-0.05, 0) is 52.8 Å². The van der Waals surface area contributed by atoms with E-state index in [9.17, 15) is 0 Å². The monoisotopic (exact) mass is 261 g/mol. The molecular weight excluding hydrogens is 238 g/mol. The topological polar surface area (TPSA) is 38.3 Å². The van der Waals surface area contributed by atoms with Crippen LogP contribution in [0.2, 0.25) is 0 Å². The first-order valence-electron chi connectivity index (χ1n) is 6.82. The summed E-state index contributed by atoms with van der Waals surface area (Å²) in [5.74, 6) is 3.90. The van der Waals surface area contributed by atoms with Gasteiger partial charge in [0.05, 0.1) is 6.04 Å². The van der Waals surface area contributed by atoms with E-state index in [2.05, 4.69) is 25.2 Å². The molecule has 1 unspecified atom stereocenters. The fourth-order valence-electron chi connectivity index (χ4n) is 2.74. The Morgan fingerprint density at radius 2 is 1.68 bits per heavy atom. The second-order valence-corrected chi connectivity index (χ2v) is 5.11. The van der Waals surface area contributed by atoms with E-state index in [-0.39, 0.29) is 6.04 Å². The summed E-state index contributed by atoms with van der Waals surface area (Å²) in [4.78, 5) is 0. The maximum absolute atomic E-state index is 5.77. The van der Waals surface area contributed by atoms with E-state index in [0.717, 1.165) is 29.6 Å². The first-order valence-corrected chi connectivity index (χ1v) is 6.82. The Morgan fingerprint density at radius 1 is 1.00 bits per heavy atom. The van der Waals surface area contributed by atoms with E-state index >= 15 is 0 Å². The van der Waals surface area contributed by atoms with Crippen LogP contribution in [0.1, 0.15) is 52.7 Å². The van der Waals surface area contributed by atoms with Crippen molar-refractivity contribution in [3.63, 3.8) is 0 Å². The van der Waals surface area contributed by atoms with Crippen molar-refractivity contribution in [2.24, 2.45) is 0 Å². The van der Waals surface area contributed by atoms with Gasteiger partial charge < -0.3 is 14.2 Å². The third kappa shape index (κ3) is 2.47. The van der Waals surface area contributed by atoms with E-state index in [1.165, 1.54) is 16.7 Å². The van der Waals surface area contributed by atoms with Crippen LogP contribution in [-0.4, -0.2) is 6.54 Å². The Labute approximate surface area is 115 Å². The predicted molar refractivity (Wildman–Crippen MR) is 76.6 cm³/mol. The van der Waals surface area contributed by atoms with E-state index in [1.807, 2.05) is 27.7 Å². The minimum absolute atomic E-state index is 0.139. The molecule has 0 saturated carbocycles. The van der Waals surface area contributed by atoms with Crippen LogP contribution < -0.4 is 5.32 Å². The second-order valence-electron chi connectivity index (χ2n) is 5.11. The largest absolute Gasteiger partial charge is 0.466 e. The molecular formula is C16H23NO2. The maximum Gasteiger partial charge on any atom is 0.106 e. The smallest absolute Gasteiger partial charge is 0.106 e. The maximum atomic E-state index is 5.77. The Kier molecular flexibility index (Phi) is 3.85. The highest BCUT2D eigenvalue weighted by atomic mass is 16.3. The van der Waals surface area contributed by atoms with Gasteiger partial charge in [0.15, 0.2) is 0 Å². The summed E-state index contributed by atoms with van der Waals surface area (Å²) in [5, 5.41) is 3.54. The molecule has 0 aliphatic heterocycles. The Balaban J connectivity index is 2.54. The molecule has 0 radical (unpaired) electrons. The van der Waals surface area contributed by atoms with Crippen molar-refractivity contribution in [2.45, 2.75) is 47.6 Å². The van der Waals surface area contributed by atoms with Gasteiger partial charge in [0, 0.05) is 11.1 Å². The van der Waals surface area contributed by atoms with Crippen molar-refractivity contribution in [3.05, 3.63) is 45.8 Å². The zero-order valence-electron chi connectivity index (χ0n) is 12.7. The first kappa shape index (κ1) is 13.9. The second kappa shape index (κ2) is 5.25. The minimum Gasteiger partial charge on any atom is -0.466 e. The van der Waals surface area contributed by atoms with Gasteiger partial charge in [0.25, 0.3) is 0 Å². The van der Waals surface area contributed by atoms with Crippen molar-refractivity contribution in [2.75, 3.05) is 6.54 Å². The highest BCUT2D eigenvalue weighted by Crippen LogP contribution is 2.34. The average molecular weight is 261 g/mol. The number of rotatable bonds is 4. The zero-order valence-corrected chi connectivity index (χ0v) is 12.7. The van der Waals surface area contributed by atoms with Crippen molar-refractivity contribution < 1.29 is 8.83 Å². The van der Waals surface area contributed by atoms with Crippen LogP contribution in [0.25, 0.3) is 0 Å². The number of furan rings is 2. The summed E-state index contributed by atoms with van der Waals surface area (Å²) in [6.45, 7) is 13.2. The zero-order chi connectivity index (χ0) is 14.2. The molecule has 19 heavy (non-hydrogen) atoms. The molecule has 1 N–H and O–H groups in total. The molecule has 0 aliphatic carbocycles. The molecule has 0 bridgehead atoms. The molecule has 0 fully saturated rings. The van der Waals surface area contributed by atoms with E-state index in [1.54, 1.807) is 0 Å². The minimum atomic E-state index is 0.139. The SMILES string of the molecule is CCNC(c1cc(C)oc1C)c1c(C)oc(C)c1C. The number of aryl methyl sites for hydroxylation is 4. The molecule has 1 atom stereocenters. The number of nitrogens with one attached hydrogen (secondary N) is 1. The molecule has 2 rings (SSSR count). The summed E-state index contributed by atoms with van der Waals surface area (Å²) in [5.41, 5.74) is 3.66. The highest BCUT2D eigenvalue weighted by molar-refractivity contribution is 5.42. The molecule has 3 heteroatoms. The van der Waals surface area contributed by atoms with Crippen molar-refractivity contribution in [1.29, 1.82) is 0 Å². The molecule has 2 heterocycles. The lowest BCUT2D eigenvalue weighted by molar-refractivity contribution is 0.486. The van der Waals surface area contributed by atoms with Gasteiger partial charge in [-0.3, -0.25) is 0 Å². The lowest BCUT2D eigenvalue weighted by Crippen LogP contribution is -2.23. The summed E-state index contributed by atoms with van der Waals surface area (Å²) in [7, 11) is 0. The van der Waals surface area contributed by atoms with Crippen LogP contribution >= 0.6 is 0 Å². The summed E-state index contributed by atoms with van der Waals surface area (Å²) >= 11 is 0. The summed E-state index contributed by atoms with van der Waals surface area (Å²) in [6, 6.07) is 2.25. The predicted octanol–water partition coefficient (Wildman–Crippen LogP) is 4.11. The number of hydrogen-bond acceptors (Lipinski definition) is 3. The Morgan fingerprint density at radius 3 is 2.11 bits per heavy atom. The van der Waals surface area contributed by atoms with Crippen molar-refractivity contribution in [1.82, 2.24) is 5.32 Å². The Bertz CT molecular complexity index is 578. The molecule has 2 aromatic rings. The van der Waals surface area contributed by atoms with Crippen molar-refractivity contribution in [3.8, 4) is 0 Å². The van der Waals surface area contributed by atoms with Crippen LogP contribution in [-0.2, 0) is 0 Å². The molecule has 0 spiro atoms. The normalized spacial score (nSPS) is 12.9. The fourth-order valence-corrected chi connectivity index (χ4v) is 2.74. The van der Waals surface area contributed by atoms with E-state index in [4.69, 9.17) is 8.83 Å². The molecule has 0 saturated heterocycles. The summed E-state index contributed by atoms with van der Waals surface area (Å²) in [6.07, 6.45) is 0. The molecule has 0 aliphatic rings. The number of hydrogen-bond donors (Lipinski definition) is 1. The van der Waals surface area contributed by atoms with Gasteiger partial charge >= 0.3 is 0 Å². The van der Waals surface area contributed by atoms with Crippen LogP contribution in [0.3, 0.4) is 0 Å². The van der Waals surface area contributed by atoms with Crippen molar-refractivity contribution >= 4 is 0 Å². The quantitative estimate of drug-likeness (QED) is 0.900. The molecule has 104 valence electrons. The Hall–Kier alpha value is -1.48. The first-order chi connectivity index (χ1) is 8.95. The van der Waals surface area contributed by atoms with E-state index in [0.29, 0.717) is 0 Å². The molecule has 3 nitrogen and oxygen atoms in total. The highest BCUT2D eigenvalue weighted by Gasteiger charge is 2.25. The standard InChI is InChI=1S/C16H23NO2/c1-7-17-16(14-8-9(2)18-12(14)5)15-10(3)11(4)19-13(15)6/h8,16-17H,7H2,1-6H3. The van der Waals surface area contributed by atoms with Gasteiger partial charge in [0.2, 0.25) is 0 Å². The average Bonchev–Trinajstić information content (AvgIpc) is 2.78. The van der Waals surface area contributed by atoms with Gasteiger partial charge in [-0.1, -0.05) is 6.92 Å². The lowest BCUT2D eigenvalue weighted by atomic mass is 9.95. The van der Waals surface area contributed by atoms with Gasteiger partial charge in [-0.15, -0.1) is 0 Å². The summed E-state index contributed by atoms with van der Waals surface area (Å²) < 4.78 is 11.4. The van der Waals surface area contributed by atoms with Gasteiger partial charge in [0.1, 0.15) is 23.0 Å². The van der Waals surface area contributed by atoms with Crippen LogP contribution in [0.5, 0.6) is 0 Å². The van der Waals surface area contributed by atoms with Crippen LogP contribution in [0, 0.1) is 34.6 Å².